The van der Waals surface area contributed by atoms with E-state index in [4.69, 9.17) is 12.2 Å². The second kappa shape index (κ2) is 8.99. The van der Waals surface area contributed by atoms with E-state index in [1.165, 1.54) is 0 Å². The number of hydrogen-bond donors (Lipinski definition) is 0. The van der Waals surface area contributed by atoms with Crippen LogP contribution < -0.4 is 34.5 Å². The number of aryl methyl sites for hydroxylation is 1. The molecular formula is C15H18NNaO3S3. The van der Waals surface area contributed by atoms with Crippen molar-refractivity contribution in [1.82, 2.24) is 0 Å². The zero-order valence-electron chi connectivity index (χ0n) is 13.5. The van der Waals surface area contributed by atoms with Gasteiger partial charge >= 0.3 is 29.6 Å². The van der Waals surface area contributed by atoms with Crippen LogP contribution in [0, 0.1) is 6.92 Å². The zero-order chi connectivity index (χ0) is 16.3. The first-order valence-corrected chi connectivity index (χ1v) is 9.84. The molecule has 1 aromatic rings. The fourth-order valence-electron chi connectivity index (χ4n) is 2.19. The van der Waals surface area contributed by atoms with E-state index in [2.05, 4.69) is 17.0 Å². The van der Waals surface area contributed by atoms with Crippen molar-refractivity contribution in [3.63, 3.8) is 0 Å². The minimum Gasteiger partial charge on any atom is -0.748 e. The van der Waals surface area contributed by atoms with Crippen LogP contribution in [0.2, 0.25) is 0 Å². The number of allylic oxidation sites excluding steroid dienone is 1. The molecule has 120 valence electrons. The third kappa shape index (κ3) is 6.16. The van der Waals surface area contributed by atoms with Gasteiger partial charge in [0.1, 0.15) is 0 Å². The molecule has 0 spiro atoms. The van der Waals surface area contributed by atoms with Gasteiger partial charge in [0.25, 0.3) is 0 Å². The molecule has 1 aliphatic heterocycles. The normalized spacial score (nSPS) is 15.4. The van der Waals surface area contributed by atoms with E-state index in [1.807, 2.05) is 26.0 Å². The molecule has 4 nitrogen and oxygen atoms in total. The molecule has 0 unspecified atom stereocenters. The van der Waals surface area contributed by atoms with Crippen molar-refractivity contribution in [2.75, 3.05) is 17.2 Å². The summed E-state index contributed by atoms with van der Waals surface area (Å²) in [5.74, 6) is -0.346. The summed E-state index contributed by atoms with van der Waals surface area (Å²) in [4.78, 5) is 4.04. The van der Waals surface area contributed by atoms with Gasteiger partial charge in [-0.15, -0.1) is 0 Å². The van der Waals surface area contributed by atoms with Crippen LogP contribution >= 0.6 is 24.0 Å². The van der Waals surface area contributed by atoms with Gasteiger partial charge in [-0.05, 0) is 43.5 Å². The average Bonchev–Trinajstić information content (AvgIpc) is 2.75. The van der Waals surface area contributed by atoms with Gasteiger partial charge in [0.05, 0.1) is 20.8 Å². The van der Waals surface area contributed by atoms with Crippen LogP contribution in [0.3, 0.4) is 0 Å². The van der Waals surface area contributed by atoms with Crippen molar-refractivity contribution < 1.29 is 42.5 Å². The maximum Gasteiger partial charge on any atom is 1.00 e. The topological polar surface area (TPSA) is 60.4 Å². The number of thiocarbonyl (C=S) groups is 1. The Morgan fingerprint density at radius 1 is 1.43 bits per heavy atom. The molecule has 0 atom stereocenters. The second-order valence-electron chi connectivity index (χ2n) is 5.14. The van der Waals surface area contributed by atoms with Crippen LogP contribution in [-0.2, 0) is 10.1 Å². The Morgan fingerprint density at radius 2 is 2.13 bits per heavy atom. The number of fused-ring (bicyclic) bond motifs is 1. The minimum absolute atomic E-state index is 0. The van der Waals surface area contributed by atoms with Gasteiger partial charge in [-0.1, -0.05) is 37.0 Å². The number of anilines is 1. The van der Waals surface area contributed by atoms with Gasteiger partial charge in [0.2, 0.25) is 0 Å². The summed E-state index contributed by atoms with van der Waals surface area (Å²) in [6.45, 7) is 4.51. The Bertz CT molecular complexity index is 717. The molecule has 0 bridgehead atoms. The Labute approximate surface area is 169 Å². The Kier molecular flexibility index (Phi) is 8.27. The van der Waals surface area contributed by atoms with E-state index in [0.717, 1.165) is 32.5 Å². The minimum atomic E-state index is -4.18. The zero-order valence-corrected chi connectivity index (χ0v) is 18.0. The maximum absolute atomic E-state index is 10.8. The van der Waals surface area contributed by atoms with Crippen molar-refractivity contribution in [2.45, 2.75) is 31.6 Å². The quantitative estimate of drug-likeness (QED) is 0.310. The average molecular weight is 380 g/mol. The second-order valence-corrected chi connectivity index (χ2v) is 8.25. The first kappa shape index (κ1) is 21.2. The van der Waals surface area contributed by atoms with E-state index in [9.17, 15) is 13.0 Å². The molecule has 0 aromatic heterocycles. The summed E-state index contributed by atoms with van der Waals surface area (Å²) in [6.07, 6.45) is 3.05. The summed E-state index contributed by atoms with van der Waals surface area (Å²) >= 11 is 6.92. The van der Waals surface area contributed by atoms with Crippen LogP contribution in [0.5, 0.6) is 0 Å². The van der Waals surface area contributed by atoms with Crippen LogP contribution in [0.15, 0.2) is 34.2 Å². The molecule has 0 fully saturated rings. The fourth-order valence-corrected chi connectivity index (χ4v) is 3.99. The number of hydrogen-bond acceptors (Lipinski definition) is 6. The van der Waals surface area contributed by atoms with Crippen LogP contribution in [-0.4, -0.2) is 30.1 Å². The Balaban J connectivity index is 0.00000264. The van der Waals surface area contributed by atoms with Crippen molar-refractivity contribution in [2.24, 2.45) is 0 Å². The summed E-state index contributed by atoms with van der Waals surface area (Å²) in [5.41, 5.74) is 2.19. The van der Waals surface area contributed by atoms with E-state index in [0.29, 0.717) is 13.0 Å². The van der Waals surface area contributed by atoms with Crippen molar-refractivity contribution in [3.05, 3.63) is 34.9 Å². The molecule has 0 saturated carbocycles. The molecular weight excluding hydrogens is 361 g/mol. The molecule has 2 rings (SSSR count). The molecule has 1 aliphatic rings. The standard InChI is InChI=1S/C15H19NO3S3.Na/c1-3-12(20)10-15-16(7-4-8-22(17,18)19)13-9-11(2)5-6-14(13)21-15;/h5-6,9-10H,3-4,7-8H2,1-2H3,(H,17,18,19);/q;+1/p-1. The van der Waals surface area contributed by atoms with E-state index < -0.39 is 10.1 Å². The SMILES string of the molecule is CCC(=S)C=C1Sc2ccc(C)cc2N1CCCS(=O)(=O)[O-].[Na+]. The summed E-state index contributed by atoms with van der Waals surface area (Å²) in [6, 6.07) is 6.18. The molecule has 0 amide bonds. The smallest absolute Gasteiger partial charge is 0.748 e. The molecule has 1 heterocycles. The fraction of sp³-hybridized carbons (Fsp3) is 0.400. The number of rotatable bonds is 6. The first-order chi connectivity index (χ1) is 10.3. The van der Waals surface area contributed by atoms with E-state index in [-0.39, 0.29) is 35.3 Å². The van der Waals surface area contributed by atoms with Crippen LogP contribution in [0.1, 0.15) is 25.3 Å². The number of benzene rings is 1. The van der Waals surface area contributed by atoms with Gasteiger partial charge in [-0.2, -0.15) is 0 Å². The first-order valence-electron chi connectivity index (χ1n) is 7.04. The summed E-state index contributed by atoms with van der Waals surface area (Å²) < 4.78 is 32.4. The van der Waals surface area contributed by atoms with Crippen molar-refractivity contribution in [3.8, 4) is 0 Å². The molecule has 1 aromatic carbocycles. The van der Waals surface area contributed by atoms with Gasteiger partial charge in [0.15, 0.2) is 0 Å². The van der Waals surface area contributed by atoms with Gasteiger partial charge < -0.3 is 9.45 Å². The summed E-state index contributed by atoms with van der Waals surface area (Å²) in [5, 5.41) is 0.996. The van der Waals surface area contributed by atoms with Crippen LogP contribution in [0.25, 0.3) is 0 Å². The number of thioether (sulfide) groups is 1. The Morgan fingerprint density at radius 3 is 2.74 bits per heavy atom. The van der Waals surface area contributed by atoms with Gasteiger partial charge in [0, 0.05) is 22.1 Å². The maximum atomic E-state index is 10.8. The Hall–Kier alpha value is 0.110. The number of nitrogens with zero attached hydrogens (tertiary/aromatic N) is 1. The predicted molar refractivity (Wildman–Crippen MR) is 94.5 cm³/mol. The van der Waals surface area contributed by atoms with E-state index in [1.54, 1.807) is 11.8 Å². The summed E-state index contributed by atoms with van der Waals surface area (Å²) in [7, 11) is -4.18. The van der Waals surface area contributed by atoms with Crippen LogP contribution in [0.4, 0.5) is 5.69 Å². The third-order valence-electron chi connectivity index (χ3n) is 3.29. The van der Waals surface area contributed by atoms with Gasteiger partial charge in [-0.25, -0.2) is 8.42 Å². The predicted octanol–water partition coefficient (Wildman–Crippen LogP) is 0.468. The molecule has 0 radical (unpaired) electrons. The van der Waals surface area contributed by atoms with Crippen molar-refractivity contribution >= 4 is 44.6 Å². The third-order valence-corrected chi connectivity index (χ3v) is 5.60. The molecule has 0 aliphatic carbocycles. The van der Waals surface area contributed by atoms with E-state index >= 15 is 0 Å². The van der Waals surface area contributed by atoms with Crippen molar-refractivity contribution in [1.29, 1.82) is 0 Å². The van der Waals surface area contributed by atoms with Gasteiger partial charge in [-0.3, -0.25) is 0 Å². The monoisotopic (exact) mass is 379 g/mol. The molecule has 23 heavy (non-hydrogen) atoms. The molecule has 8 heteroatoms. The molecule has 0 N–H and O–H groups in total. The largest absolute Gasteiger partial charge is 1.00 e. The molecule has 0 saturated heterocycles.